The van der Waals surface area contributed by atoms with Crippen LogP contribution in [0.2, 0.25) is 0 Å². The Morgan fingerprint density at radius 2 is 1.97 bits per heavy atom. The predicted octanol–water partition coefficient (Wildman–Crippen LogP) is 7.76. The van der Waals surface area contributed by atoms with Gasteiger partial charge < -0.3 is 19.3 Å². The number of hydrogen-bond donors (Lipinski definition) is 2. The lowest BCUT2D eigenvalue weighted by molar-refractivity contribution is 0.0691. The van der Waals surface area contributed by atoms with Crippen molar-refractivity contribution in [3.8, 4) is 22.1 Å². The van der Waals surface area contributed by atoms with Crippen molar-refractivity contribution in [2.45, 2.75) is 38.1 Å². The first-order valence-electron chi connectivity index (χ1n) is 11.8. The lowest BCUT2D eigenvalue weighted by atomic mass is 9.80. The van der Waals surface area contributed by atoms with Gasteiger partial charge in [0, 0.05) is 29.0 Å². The van der Waals surface area contributed by atoms with Crippen molar-refractivity contribution in [1.29, 1.82) is 0 Å². The molecule has 0 amide bonds. The highest BCUT2D eigenvalue weighted by molar-refractivity contribution is 8.00. The number of rotatable bonds is 9. The normalized spacial score (nSPS) is 15.4. The molecular weight excluding hydrogens is 518 g/mol. The molecule has 1 atom stereocenters. The fraction of sp³-hybridized carbons (Fsp3) is 0.333. The minimum Gasteiger partial charge on any atom is -0.495 e. The lowest BCUT2D eigenvalue weighted by Gasteiger charge is -2.26. The van der Waals surface area contributed by atoms with E-state index in [2.05, 4.69) is 29.6 Å². The van der Waals surface area contributed by atoms with E-state index in [0.29, 0.717) is 27.4 Å². The number of carboxylic acid groups (broad SMARTS) is 1. The Morgan fingerprint density at radius 1 is 1.22 bits per heavy atom. The molecule has 0 fully saturated rings. The number of carbonyl (C=O) groups is 1. The second kappa shape index (κ2) is 11.5. The molecule has 1 aliphatic rings. The number of hydrogen-bond acceptors (Lipinski definition) is 7. The van der Waals surface area contributed by atoms with Crippen molar-refractivity contribution in [1.82, 2.24) is 4.98 Å². The summed E-state index contributed by atoms with van der Waals surface area (Å²) in [5.41, 5.74) is 1.98. The highest BCUT2D eigenvalue weighted by atomic mass is 32.2. The number of thiazole rings is 1. The van der Waals surface area contributed by atoms with Crippen molar-refractivity contribution in [3.63, 3.8) is 0 Å². The highest BCUT2D eigenvalue weighted by Crippen LogP contribution is 2.42. The van der Waals surface area contributed by atoms with E-state index in [-0.39, 0.29) is 17.2 Å². The van der Waals surface area contributed by atoms with Gasteiger partial charge in [0.15, 0.2) is 11.6 Å². The molecule has 0 bridgehead atoms. The molecule has 0 aliphatic heterocycles. The van der Waals surface area contributed by atoms with E-state index in [4.69, 9.17) is 14.6 Å². The maximum absolute atomic E-state index is 15.6. The second-order valence-electron chi connectivity index (χ2n) is 9.05. The molecule has 0 saturated carbocycles. The van der Waals surface area contributed by atoms with Crippen LogP contribution in [-0.4, -0.2) is 30.3 Å². The summed E-state index contributed by atoms with van der Waals surface area (Å²) in [6, 6.07) is 5.78. The molecule has 0 saturated heterocycles. The molecule has 196 valence electrons. The minimum atomic E-state index is -1.39. The molecule has 1 unspecified atom stereocenters. The number of methoxy groups -OCH3 is 2. The van der Waals surface area contributed by atoms with Crippen molar-refractivity contribution in [3.05, 3.63) is 58.5 Å². The number of ether oxygens (including phenoxy) is 2. The van der Waals surface area contributed by atoms with E-state index in [1.165, 1.54) is 25.6 Å². The van der Waals surface area contributed by atoms with Crippen LogP contribution in [0.1, 0.15) is 49.0 Å². The summed E-state index contributed by atoms with van der Waals surface area (Å²) in [6.45, 7) is 4.47. The van der Waals surface area contributed by atoms with Crippen molar-refractivity contribution < 1.29 is 28.2 Å². The zero-order valence-corrected chi connectivity index (χ0v) is 22.6. The molecule has 37 heavy (non-hydrogen) atoms. The number of nitrogens with one attached hydrogen (secondary N) is 1. The van der Waals surface area contributed by atoms with E-state index >= 15 is 4.39 Å². The van der Waals surface area contributed by atoms with Gasteiger partial charge in [0.2, 0.25) is 0 Å². The standard InChI is InChI=1S/C27H28F2N2O4S2/c1-14(2)15-5-7-16(8-6-15)17-9-10-18(24(29)25(17)35-4)26-30-23(13-36-26)37-31-21-12-20(28)19(27(32)33)11-22(21)34-3/h7,9-15,31H,5-6,8H2,1-4H3,(H,32,33). The maximum atomic E-state index is 15.6. The summed E-state index contributed by atoms with van der Waals surface area (Å²) >= 11 is 2.35. The van der Waals surface area contributed by atoms with Crippen LogP contribution < -0.4 is 14.2 Å². The van der Waals surface area contributed by atoms with Crippen LogP contribution in [0.15, 0.2) is 40.7 Å². The molecule has 10 heteroatoms. The van der Waals surface area contributed by atoms with Crippen molar-refractivity contribution in [2.24, 2.45) is 11.8 Å². The van der Waals surface area contributed by atoms with Crippen LogP contribution in [0.25, 0.3) is 16.1 Å². The van der Waals surface area contributed by atoms with Crippen LogP contribution in [0.4, 0.5) is 14.5 Å². The van der Waals surface area contributed by atoms with Gasteiger partial charge in [0.1, 0.15) is 21.6 Å². The number of carboxylic acids is 1. The molecule has 6 nitrogen and oxygen atoms in total. The first-order chi connectivity index (χ1) is 17.7. The molecule has 3 aromatic rings. The number of allylic oxidation sites excluding steroid dienone is 2. The van der Waals surface area contributed by atoms with Gasteiger partial charge in [-0.3, -0.25) is 0 Å². The number of aromatic nitrogens is 1. The van der Waals surface area contributed by atoms with E-state index in [9.17, 15) is 9.18 Å². The monoisotopic (exact) mass is 546 g/mol. The first-order valence-corrected chi connectivity index (χ1v) is 13.5. The van der Waals surface area contributed by atoms with E-state index < -0.39 is 23.2 Å². The van der Waals surface area contributed by atoms with Gasteiger partial charge in [0.05, 0.1) is 31.0 Å². The Labute approximate surface area is 222 Å². The molecule has 2 aromatic carbocycles. The molecule has 0 spiro atoms. The van der Waals surface area contributed by atoms with Gasteiger partial charge in [0.25, 0.3) is 0 Å². The largest absolute Gasteiger partial charge is 0.495 e. The summed E-state index contributed by atoms with van der Waals surface area (Å²) in [6.07, 6.45) is 5.14. The Morgan fingerprint density at radius 3 is 2.59 bits per heavy atom. The van der Waals surface area contributed by atoms with Crippen LogP contribution in [0, 0.1) is 23.5 Å². The van der Waals surface area contributed by atoms with Gasteiger partial charge in [-0.25, -0.2) is 18.6 Å². The first kappa shape index (κ1) is 26.9. The predicted molar refractivity (Wildman–Crippen MR) is 144 cm³/mol. The van der Waals surface area contributed by atoms with Gasteiger partial charge in [-0.05, 0) is 48.8 Å². The molecule has 4 rings (SSSR count). The summed E-state index contributed by atoms with van der Waals surface area (Å²) in [5, 5.41) is 11.9. The van der Waals surface area contributed by atoms with Crippen LogP contribution in [0.3, 0.4) is 0 Å². The molecule has 1 aromatic heterocycles. The third-order valence-electron chi connectivity index (χ3n) is 6.54. The Kier molecular flexibility index (Phi) is 8.39. The summed E-state index contributed by atoms with van der Waals surface area (Å²) < 4.78 is 43.3. The second-order valence-corrected chi connectivity index (χ2v) is 10.7. The van der Waals surface area contributed by atoms with Gasteiger partial charge >= 0.3 is 5.97 Å². The SMILES string of the molecule is COc1cc(C(=O)O)c(F)cc1NSc1csc(-c2ccc(C3=CCC(C(C)C)CC3)c(OC)c2F)n1. The highest BCUT2D eigenvalue weighted by Gasteiger charge is 2.24. The van der Waals surface area contributed by atoms with Crippen LogP contribution in [0.5, 0.6) is 11.5 Å². The average molecular weight is 547 g/mol. The van der Waals surface area contributed by atoms with Gasteiger partial charge in [-0.15, -0.1) is 11.3 Å². The Bertz CT molecular complexity index is 1340. The Hall–Kier alpha value is -3.11. The number of anilines is 1. The molecule has 0 radical (unpaired) electrons. The quantitative estimate of drug-likeness (QED) is 0.266. The molecule has 1 heterocycles. The van der Waals surface area contributed by atoms with Crippen LogP contribution >= 0.6 is 23.3 Å². The van der Waals surface area contributed by atoms with Crippen molar-refractivity contribution >= 4 is 40.5 Å². The third-order valence-corrected chi connectivity index (χ3v) is 8.31. The number of nitrogens with zero attached hydrogens (tertiary/aromatic N) is 1. The topological polar surface area (TPSA) is 80.7 Å². The lowest BCUT2D eigenvalue weighted by Crippen LogP contribution is -2.12. The summed E-state index contributed by atoms with van der Waals surface area (Å²) in [5.74, 6) is -1.09. The smallest absolute Gasteiger partial charge is 0.338 e. The third kappa shape index (κ3) is 5.75. The van der Waals surface area contributed by atoms with E-state index in [0.717, 1.165) is 54.5 Å². The molecule has 1 aliphatic carbocycles. The Balaban J connectivity index is 1.54. The van der Waals surface area contributed by atoms with Gasteiger partial charge in [-0.1, -0.05) is 26.0 Å². The number of aromatic carboxylic acids is 1. The number of halogens is 2. The van der Waals surface area contributed by atoms with E-state index in [1.807, 2.05) is 6.07 Å². The zero-order valence-electron chi connectivity index (χ0n) is 20.9. The summed E-state index contributed by atoms with van der Waals surface area (Å²) in [7, 11) is 2.84. The van der Waals surface area contributed by atoms with Crippen LogP contribution in [-0.2, 0) is 0 Å². The molecule has 2 N–H and O–H groups in total. The minimum absolute atomic E-state index is 0.171. The zero-order chi connectivity index (χ0) is 26.7. The maximum Gasteiger partial charge on any atom is 0.338 e. The fourth-order valence-electron chi connectivity index (χ4n) is 4.38. The van der Waals surface area contributed by atoms with Crippen molar-refractivity contribution in [2.75, 3.05) is 18.9 Å². The van der Waals surface area contributed by atoms with E-state index in [1.54, 1.807) is 11.4 Å². The number of benzene rings is 2. The summed E-state index contributed by atoms with van der Waals surface area (Å²) in [4.78, 5) is 15.7. The van der Waals surface area contributed by atoms with Gasteiger partial charge in [-0.2, -0.15) is 0 Å². The molecular formula is C27H28F2N2O4S2. The fourth-order valence-corrected chi connectivity index (χ4v) is 5.99. The average Bonchev–Trinajstić information content (AvgIpc) is 3.35.